The Labute approximate surface area is 79.8 Å². The SMILES string of the molecule is COCC(C)NC(=O)CCCCN. The van der Waals surface area contributed by atoms with E-state index in [2.05, 4.69) is 5.32 Å². The highest BCUT2D eigenvalue weighted by Crippen LogP contribution is 1.94. The average Bonchev–Trinajstić information content (AvgIpc) is 2.05. The number of carbonyl (C=O) groups excluding carboxylic acids is 1. The minimum absolute atomic E-state index is 0.0815. The summed E-state index contributed by atoms with van der Waals surface area (Å²) >= 11 is 0. The molecular weight excluding hydrogens is 168 g/mol. The van der Waals surface area contributed by atoms with Crippen molar-refractivity contribution in [3.8, 4) is 0 Å². The molecule has 0 fully saturated rings. The van der Waals surface area contributed by atoms with Crippen molar-refractivity contribution in [2.24, 2.45) is 5.73 Å². The van der Waals surface area contributed by atoms with E-state index in [0.717, 1.165) is 12.8 Å². The smallest absolute Gasteiger partial charge is 0.220 e. The lowest BCUT2D eigenvalue weighted by atomic mass is 10.2. The number of hydrogen-bond donors (Lipinski definition) is 2. The molecule has 4 heteroatoms. The number of rotatable bonds is 7. The highest BCUT2D eigenvalue weighted by atomic mass is 16.5. The normalized spacial score (nSPS) is 12.5. The van der Waals surface area contributed by atoms with Crippen LogP contribution in [0.5, 0.6) is 0 Å². The molecule has 0 heterocycles. The lowest BCUT2D eigenvalue weighted by Gasteiger charge is -2.12. The quantitative estimate of drug-likeness (QED) is 0.563. The molecule has 0 radical (unpaired) electrons. The first-order chi connectivity index (χ1) is 6.20. The van der Waals surface area contributed by atoms with E-state index >= 15 is 0 Å². The summed E-state index contributed by atoms with van der Waals surface area (Å²) in [4.78, 5) is 11.2. The van der Waals surface area contributed by atoms with E-state index in [-0.39, 0.29) is 11.9 Å². The molecule has 0 spiro atoms. The maximum atomic E-state index is 11.2. The summed E-state index contributed by atoms with van der Waals surface area (Å²) in [6.07, 6.45) is 2.33. The van der Waals surface area contributed by atoms with Crippen molar-refractivity contribution in [1.82, 2.24) is 5.32 Å². The van der Waals surface area contributed by atoms with Crippen molar-refractivity contribution in [2.45, 2.75) is 32.2 Å². The predicted molar refractivity (Wildman–Crippen MR) is 52.4 cm³/mol. The maximum absolute atomic E-state index is 11.2. The lowest BCUT2D eigenvalue weighted by Crippen LogP contribution is -2.35. The van der Waals surface area contributed by atoms with Crippen molar-refractivity contribution in [3.05, 3.63) is 0 Å². The molecule has 13 heavy (non-hydrogen) atoms. The summed E-state index contributed by atoms with van der Waals surface area (Å²) in [5.41, 5.74) is 5.31. The first-order valence-corrected chi connectivity index (χ1v) is 4.69. The molecule has 0 rings (SSSR count). The molecule has 0 aromatic rings. The molecule has 0 aromatic carbocycles. The van der Waals surface area contributed by atoms with Crippen LogP contribution in [-0.2, 0) is 9.53 Å². The van der Waals surface area contributed by atoms with Crippen LogP contribution in [0.2, 0.25) is 0 Å². The maximum Gasteiger partial charge on any atom is 0.220 e. The Morgan fingerprint density at radius 2 is 2.23 bits per heavy atom. The Morgan fingerprint density at radius 3 is 2.77 bits per heavy atom. The van der Waals surface area contributed by atoms with Gasteiger partial charge in [0, 0.05) is 19.6 Å². The van der Waals surface area contributed by atoms with Crippen LogP contribution in [0.15, 0.2) is 0 Å². The van der Waals surface area contributed by atoms with Gasteiger partial charge in [-0.1, -0.05) is 0 Å². The van der Waals surface area contributed by atoms with E-state index in [1.54, 1.807) is 7.11 Å². The van der Waals surface area contributed by atoms with Crippen molar-refractivity contribution < 1.29 is 9.53 Å². The second-order valence-electron chi connectivity index (χ2n) is 3.17. The largest absolute Gasteiger partial charge is 0.383 e. The molecule has 78 valence electrons. The molecule has 1 amide bonds. The summed E-state index contributed by atoms with van der Waals surface area (Å²) in [5, 5.41) is 2.83. The third-order valence-corrected chi connectivity index (χ3v) is 1.68. The lowest BCUT2D eigenvalue weighted by molar-refractivity contribution is -0.122. The van der Waals surface area contributed by atoms with Gasteiger partial charge >= 0.3 is 0 Å². The van der Waals surface area contributed by atoms with Gasteiger partial charge in [-0.3, -0.25) is 4.79 Å². The van der Waals surface area contributed by atoms with E-state index in [0.29, 0.717) is 19.6 Å². The topological polar surface area (TPSA) is 64.3 Å². The Morgan fingerprint density at radius 1 is 1.54 bits per heavy atom. The van der Waals surface area contributed by atoms with Gasteiger partial charge in [-0.2, -0.15) is 0 Å². The van der Waals surface area contributed by atoms with Gasteiger partial charge in [0.1, 0.15) is 0 Å². The second kappa shape index (κ2) is 8.01. The molecule has 1 atom stereocenters. The average molecular weight is 188 g/mol. The standard InChI is InChI=1S/C9H20N2O2/c1-8(7-13-2)11-9(12)5-3-4-6-10/h8H,3-7,10H2,1-2H3,(H,11,12). The molecule has 0 aromatic heterocycles. The molecule has 0 aliphatic carbocycles. The van der Waals surface area contributed by atoms with Gasteiger partial charge in [0.2, 0.25) is 5.91 Å². The fourth-order valence-corrected chi connectivity index (χ4v) is 1.07. The number of ether oxygens (including phenoxy) is 1. The third kappa shape index (κ3) is 7.74. The number of unbranched alkanes of at least 4 members (excludes halogenated alkanes) is 1. The fourth-order valence-electron chi connectivity index (χ4n) is 1.07. The molecular formula is C9H20N2O2. The third-order valence-electron chi connectivity index (χ3n) is 1.68. The number of methoxy groups -OCH3 is 1. The molecule has 0 aliphatic rings. The number of nitrogens with two attached hydrogens (primary N) is 1. The fraction of sp³-hybridized carbons (Fsp3) is 0.889. The zero-order valence-corrected chi connectivity index (χ0v) is 8.51. The number of amides is 1. The van der Waals surface area contributed by atoms with E-state index in [4.69, 9.17) is 10.5 Å². The van der Waals surface area contributed by atoms with E-state index in [1.165, 1.54) is 0 Å². The first-order valence-electron chi connectivity index (χ1n) is 4.69. The van der Waals surface area contributed by atoms with Gasteiger partial charge in [0.15, 0.2) is 0 Å². The van der Waals surface area contributed by atoms with Crippen LogP contribution in [0.1, 0.15) is 26.2 Å². The summed E-state index contributed by atoms with van der Waals surface area (Å²) in [5.74, 6) is 0.0815. The van der Waals surface area contributed by atoms with Gasteiger partial charge in [0.25, 0.3) is 0 Å². The van der Waals surface area contributed by atoms with E-state index in [1.807, 2.05) is 6.92 Å². The first kappa shape index (κ1) is 12.4. The van der Waals surface area contributed by atoms with Crippen LogP contribution in [0.3, 0.4) is 0 Å². The van der Waals surface area contributed by atoms with Crippen LogP contribution >= 0.6 is 0 Å². The van der Waals surface area contributed by atoms with Crippen LogP contribution in [-0.4, -0.2) is 32.2 Å². The highest BCUT2D eigenvalue weighted by Gasteiger charge is 2.05. The molecule has 1 unspecified atom stereocenters. The van der Waals surface area contributed by atoms with Crippen molar-refractivity contribution >= 4 is 5.91 Å². The summed E-state index contributed by atoms with van der Waals surface area (Å²) in [6.45, 7) is 3.13. The van der Waals surface area contributed by atoms with Crippen LogP contribution in [0, 0.1) is 0 Å². The van der Waals surface area contributed by atoms with Crippen LogP contribution < -0.4 is 11.1 Å². The van der Waals surface area contributed by atoms with Crippen molar-refractivity contribution in [2.75, 3.05) is 20.3 Å². The van der Waals surface area contributed by atoms with Crippen LogP contribution in [0.4, 0.5) is 0 Å². The summed E-state index contributed by atoms with van der Waals surface area (Å²) in [6, 6.07) is 0.0929. The molecule has 4 nitrogen and oxygen atoms in total. The predicted octanol–water partition coefficient (Wildman–Crippen LogP) is 0.267. The Bertz CT molecular complexity index is 140. The summed E-state index contributed by atoms with van der Waals surface area (Å²) < 4.78 is 4.90. The molecule has 0 saturated carbocycles. The van der Waals surface area contributed by atoms with E-state index in [9.17, 15) is 4.79 Å². The second-order valence-corrected chi connectivity index (χ2v) is 3.17. The number of nitrogens with one attached hydrogen (secondary N) is 1. The Hall–Kier alpha value is -0.610. The number of hydrogen-bond acceptors (Lipinski definition) is 3. The summed E-state index contributed by atoms with van der Waals surface area (Å²) in [7, 11) is 1.62. The molecule has 3 N–H and O–H groups in total. The minimum Gasteiger partial charge on any atom is -0.383 e. The van der Waals surface area contributed by atoms with Gasteiger partial charge in [0.05, 0.1) is 6.61 Å². The number of carbonyl (C=O) groups is 1. The monoisotopic (exact) mass is 188 g/mol. The van der Waals surface area contributed by atoms with Gasteiger partial charge in [-0.25, -0.2) is 0 Å². The van der Waals surface area contributed by atoms with Gasteiger partial charge < -0.3 is 15.8 Å². The van der Waals surface area contributed by atoms with Gasteiger partial charge in [-0.15, -0.1) is 0 Å². The van der Waals surface area contributed by atoms with Crippen molar-refractivity contribution in [1.29, 1.82) is 0 Å². The van der Waals surface area contributed by atoms with Crippen molar-refractivity contribution in [3.63, 3.8) is 0 Å². The Kier molecular flexibility index (Phi) is 7.63. The molecule has 0 saturated heterocycles. The molecule has 0 bridgehead atoms. The zero-order chi connectivity index (χ0) is 10.1. The van der Waals surface area contributed by atoms with E-state index < -0.39 is 0 Å². The highest BCUT2D eigenvalue weighted by molar-refractivity contribution is 5.76. The zero-order valence-electron chi connectivity index (χ0n) is 8.51. The molecule has 0 aliphatic heterocycles. The Balaban J connectivity index is 3.38. The van der Waals surface area contributed by atoms with Crippen LogP contribution in [0.25, 0.3) is 0 Å². The minimum atomic E-state index is 0.0815. The van der Waals surface area contributed by atoms with Gasteiger partial charge in [-0.05, 0) is 26.3 Å².